The van der Waals surface area contributed by atoms with E-state index in [-0.39, 0.29) is 57.6 Å². The van der Waals surface area contributed by atoms with Gasteiger partial charge in [-0.05, 0) is 111 Å². The SMILES string of the molecule is Cc1cccc(C)c1Nc1c(-c2c(Cl)cccc2OCC(N)=O)nc2ccc(F)cn12.NC(=O)CI.NC(=O)COc1cccc(Cl)c1C=O.Nc1ccc(F)cn1.O=Cc1c(O)cccc1Cl.[C-]#[N+]c1c(C)cccc1C. The molecule has 10 N–H and O–H groups in total. The number of aromatic hydroxyl groups is 1. The average molecular weight is 1240 g/mol. The largest absolute Gasteiger partial charge is 0.507 e. The third-order valence-electron chi connectivity index (χ3n) is 9.97. The zero-order valence-corrected chi connectivity index (χ0v) is 46.5. The average Bonchev–Trinajstić information content (AvgIpc) is 3.75. The Balaban J connectivity index is 0.000000281. The van der Waals surface area contributed by atoms with Gasteiger partial charge in [0.25, 0.3) is 11.8 Å². The first-order valence-electron chi connectivity index (χ1n) is 22.5. The minimum Gasteiger partial charge on any atom is -0.507 e. The standard InChI is InChI=1S/C23H20ClFN4O2.C9H8ClNO3.C9H9N.C7H5ClO2.C5H5FN2.C2H4INO/c1-13-5-3-6-14(2)21(13)28-23-22(27-19-10-9-15(25)11-29(19)23)20-16(24)7-4-8-17(20)31-12-18(26)30;10-7-2-1-3-8(6(7)4-12)14-5-9(11)13;1-7-5-4-6-8(2)9(7)10-3;8-6-2-1-3-7(10)5(6)4-9;6-4-1-2-5(7)8-3-4;3-1-2(4)5/h3-11,28H,12H2,1-2H3,(H2,26,30);1-4H,5H2,(H2,11,13);4-6H,1-2H3;1-4,10H;1-3H,(H2,7,8);1H2,(H2,4,5). The molecule has 8 aromatic rings. The van der Waals surface area contributed by atoms with Gasteiger partial charge in [0.15, 0.2) is 31.5 Å². The number of carbonyl (C=O) groups excluding carboxylic acids is 5. The van der Waals surface area contributed by atoms with Crippen molar-refractivity contribution in [2.75, 3.05) is 28.7 Å². The van der Waals surface area contributed by atoms with Gasteiger partial charge in [0.05, 0.1) is 49.0 Å². The van der Waals surface area contributed by atoms with Crippen molar-refractivity contribution >= 4 is 116 Å². The lowest BCUT2D eigenvalue weighted by molar-refractivity contribution is -0.120. The Labute approximate surface area is 476 Å². The fourth-order valence-corrected chi connectivity index (χ4v) is 7.04. The number of fused-ring (bicyclic) bond motifs is 1. The predicted octanol–water partition coefficient (Wildman–Crippen LogP) is 11.5. The van der Waals surface area contributed by atoms with Crippen LogP contribution in [0.1, 0.15) is 43.0 Å². The molecule has 0 unspecified atom stereocenters. The minimum absolute atomic E-state index is 0.0810. The van der Waals surface area contributed by atoms with Crippen molar-refractivity contribution in [3.8, 4) is 28.5 Å². The number of ether oxygens (including phenoxy) is 2. The molecule has 0 atom stereocenters. The zero-order chi connectivity index (χ0) is 58.1. The summed E-state index contributed by atoms with van der Waals surface area (Å²) in [6.45, 7) is 14.1. The number of alkyl halides is 1. The number of carbonyl (C=O) groups is 5. The molecule has 3 amide bonds. The molecule has 17 nitrogen and oxygen atoms in total. The van der Waals surface area contributed by atoms with Crippen molar-refractivity contribution < 1.29 is 47.3 Å². The van der Waals surface area contributed by atoms with Gasteiger partial charge in [-0.15, -0.1) is 0 Å². The number of aromatic nitrogens is 3. The number of halogens is 6. The molecule has 3 aromatic heterocycles. The second-order valence-corrected chi connectivity index (χ2v) is 17.8. The minimum atomic E-state index is -0.614. The van der Waals surface area contributed by atoms with E-state index < -0.39 is 17.6 Å². The summed E-state index contributed by atoms with van der Waals surface area (Å²) >= 11 is 19.7. The Kier molecular flexibility index (Phi) is 26.5. The van der Waals surface area contributed by atoms with Crippen molar-refractivity contribution in [2.45, 2.75) is 27.7 Å². The van der Waals surface area contributed by atoms with Crippen molar-refractivity contribution in [3.63, 3.8) is 0 Å². The lowest BCUT2D eigenvalue weighted by Gasteiger charge is -2.16. The Hall–Kier alpha value is -8.36. The Morgan fingerprint density at radius 1 is 0.705 bits per heavy atom. The molecule has 0 aliphatic heterocycles. The van der Waals surface area contributed by atoms with Crippen LogP contribution in [0.2, 0.25) is 15.1 Å². The van der Waals surface area contributed by atoms with E-state index in [4.69, 9.17) is 73.2 Å². The summed E-state index contributed by atoms with van der Waals surface area (Å²) in [5.74, 6) is -0.877. The first-order valence-corrected chi connectivity index (χ1v) is 25.2. The van der Waals surface area contributed by atoms with Crippen LogP contribution in [0.5, 0.6) is 17.2 Å². The molecule has 0 aliphatic carbocycles. The van der Waals surface area contributed by atoms with Gasteiger partial charge < -0.3 is 42.8 Å². The maximum Gasteiger partial charge on any atom is 0.255 e. The van der Waals surface area contributed by atoms with E-state index in [1.54, 1.807) is 59.0 Å². The highest BCUT2D eigenvalue weighted by atomic mass is 127. The summed E-state index contributed by atoms with van der Waals surface area (Å²) in [5.41, 5.74) is 27.6. The van der Waals surface area contributed by atoms with Gasteiger partial charge in [-0.25, -0.2) is 23.6 Å². The summed E-state index contributed by atoms with van der Waals surface area (Å²) < 4.78 is 38.7. The van der Waals surface area contributed by atoms with E-state index in [1.807, 2.05) is 86.7 Å². The van der Waals surface area contributed by atoms with E-state index in [0.717, 1.165) is 39.8 Å². The van der Waals surface area contributed by atoms with Crippen LogP contribution in [0.4, 0.5) is 31.8 Å². The number of primary amides is 3. The monoisotopic (exact) mass is 1240 g/mol. The Bertz CT molecular complexity index is 3340. The molecule has 23 heteroatoms. The number of hydrogen-bond donors (Lipinski definition) is 6. The molecule has 0 fully saturated rings. The number of amides is 3. The third kappa shape index (κ3) is 20.0. The van der Waals surface area contributed by atoms with Crippen LogP contribution in [0.25, 0.3) is 21.7 Å². The molecule has 0 radical (unpaired) electrons. The molecule has 5 aromatic carbocycles. The highest BCUT2D eigenvalue weighted by Gasteiger charge is 2.22. The van der Waals surface area contributed by atoms with Crippen LogP contribution in [0, 0.1) is 45.9 Å². The maximum absolute atomic E-state index is 14.1. The van der Waals surface area contributed by atoms with E-state index >= 15 is 0 Å². The fourth-order valence-electron chi connectivity index (χ4n) is 6.36. The van der Waals surface area contributed by atoms with Crippen molar-refractivity contribution in [1.82, 2.24) is 14.4 Å². The van der Waals surface area contributed by atoms with E-state index in [0.29, 0.717) is 56.3 Å². The quantitative estimate of drug-likeness (QED) is 0.0288. The molecule has 0 spiro atoms. The third-order valence-corrected chi connectivity index (χ3v) is 11.7. The molecule has 0 saturated carbocycles. The second-order valence-electron chi connectivity index (χ2n) is 15.8. The van der Waals surface area contributed by atoms with Gasteiger partial charge in [-0.1, -0.05) is 112 Å². The summed E-state index contributed by atoms with van der Waals surface area (Å²) in [6, 6.07) is 31.7. The van der Waals surface area contributed by atoms with Crippen LogP contribution >= 0.6 is 57.4 Å². The normalized spacial score (nSPS) is 9.81. The molecular formula is C55H51Cl3F2IN9O8. The summed E-state index contributed by atoms with van der Waals surface area (Å²) in [7, 11) is 0. The number of hydrogen-bond acceptors (Lipinski definition) is 12. The summed E-state index contributed by atoms with van der Waals surface area (Å²) in [5, 5.41) is 13.3. The number of aldehydes is 2. The number of rotatable bonds is 12. The second kappa shape index (κ2) is 32.3. The van der Waals surface area contributed by atoms with Gasteiger partial charge in [0, 0.05) is 11.9 Å². The number of nitrogens with one attached hydrogen (secondary N) is 1. The number of benzene rings is 5. The van der Waals surface area contributed by atoms with Gasteiger partial charge >= 0.3 is 0 Å². The van der Waals surface area contributed by atoms with Gasteiger partial charge in [0.1, 0.15) is 51.9 Å². The number of aryl methyl sites for hydroxylation is 4. The number of pyridine rings is 2. The number of nitrogen functional groups attached to an aromatic ring is 1. The summed E-state index contributed by atoms with van der Waals surface area (Å²) in [4.78, 5) is 63.7. The van der Waals surface area contributed by atoms with Crippen LogP contribution < -0.4 is 37.7 Å². The van der Waals surface area contributed by atoms with Gasteiger partial charge in [-0.2, -0.15) is 0 Å². The first kappa shape index (κ1) is 63.9. The fraction of sp³-hybridized carbons (Fsp3) is 0.127. The molecule has 0 bridgehead atoms. The molecular weight excluding hydrogens is 1190 g/mol. The van der Waals surface area contributed by atoms with E-state index in [2.05, 4.69) is 25.9 Å². The molecule has 8 rings (SSSR count). The van der Waals surface area contributed by atoms with Gasteiger partial charge in [-0.3, -0.25) is 28.4 Å². The maximum atomic E-state index is 14.1. The summed E-state index contributed by atoms with van der Waals surface area (Å²) in [6.07, 6.45) is 3.52. The highest BCUT2D eigenvalue weighted by Crippen LogP contribution is 2.42. The van der Waals surface area contributed by atoms with Crippen molar-refractivity contribution in [2.24, 2.45) is 17.2 Å². The number of nitrogens with zero attached hydrogens (tertiary/aromatic N) is 4. The lowest BCUT2D eigenvalue weighted by atomic mass is 10.1. The van der Waals surface area contributed by atoms with Crippen LogP contribution in [0.15, 0.2) is 128 Å². The number of para-hydroxylation sites is 2. The van der Waals surface area contributed by atoms with Crippen LogP contribution in [-0.2, 0) is 14.4 Å². The number of phenolic OH excluding ortho intramolecular Hbond substituents is 1. The molecule has 78 heavy (non-hydrogen) atoms. The Morgan fingerprint density at radius 3 is 1.65 bits per heavy atom. The lowest BCUT2D eigenvalue weighted by Crippen LogP contribution is -2.20. The number of nitrogens with two attached hydrogens (primary N) is 4. The molecule has 406 valence electrons. The van der Waals surface area contributed by atoms with E-state index in [9.17, 15) is 32.8 Å². The topological polar surface area (TPSA) is 275 Å². The number of imidazole rings is 1. The highest BCUT2D eigenvalue weighted by molar-refractivity contribution is 14.1. The van der Waals surface area contributed by atoms with E-state index in [1.165, 1.54) is 30.5 Å². The first-order chi connectivity index (χ1) is 37.1. The predicted molar refractivity (Wildman–Crippen MR) is 308 cm³/mol. The number of phenols is 1. The Morgan fingerprint density at radius 2 is 1.19 bits per heavy atom. The van der Waals surface area contributed by atoms with Crippen LogP contribution in [-0.4, -0.2) is 67.4 Å². The zero-order valence-electron chi connectivity index (χ0n) is 42.1. The van der Waals surface area contributed by atoms with Gasteiger partial charge in [0.2, 0.25) is 5.91 Å². The van der Waals surface area contributed by atoms with Crippen LogP contribution in [0.3, 0.4) is 0 Å². The van der Waals surface area contributed by atoms with Crippen molar-refractivity contribution in [1.29, 1.82) is 0 Å². The smallest absolute Gasteiger partial charge is 0.255 e. The molecule has 0 saturated heterocycles. The number of anilines is 3. The van der Waals surface area contributed by atoms with Crippen molar-refractivity contribution in [3.05, 3.63) is 199 Å². The molecule has 0 aliphatic rings. The molecule has 3 heterocycles.